The molecule has 0 aliphatic heterocycles. The molecule has 0 heterocycles. The van der Waals surface area contributed by atoms with Crippen molar-refractivity contribution in [3.05, 3.63) is 0 Å². The molecule has 122 valence electrons. The highest BCUT2D eigenvalue weighted by molar-refractivity contribution is 6.52. The summed E-state index contributed by atoms with van der Waals surface area (Å²) in [6, 6.07) is 0. The van der Waals surface area contributed by atoms with Crippen molar-refractivity contribution in [1.29, 1.82) is 0 Å². The Morgan fingerprint density at radius 3 is 1.50 bits per heavy atom. The Kier molecular flexibility index (Phi) is 14.0. The van der Waals surface area contributed by atoms with Crippen LogP contribution in [0.5, 0.6) is 0 Å². The largest absolute Gasteiger partial charge is 0.719 e. The Bertz CT molecular complexity index is 202. The van der Waals surface area contributed by atoms with Crippen molar-refractivity contribution < 1.29 is 17.4 Å². The molecule has 0 saturated carbocycles. The molecule has 0 aromatic carbocycles. The van der Waals surface area contributed by atoms with Gasteiger partial charge in [-0.15, -0.1) is 0 Å². The molecule has 0 bridgehead atoms. The van der Waals surface area contributed by atoms with Crippen molar-refractivity contribution in [3.63, 3.8) is 0 Å². The zero-order valence-electron chi connectivity index (χ0n) is 13.6. The number of hydrogen-bond acceptors (Lipinski definition) is 3. The molecule has 3 nitrogen and oxygen atoms in total. The zero-order chi connectivity index (χ0) is 15.1. The topological polar surface area (TPSA) is 27.7 Å². The summed E-state index contributed by atoms with van der Waals surface area (Å²) in [5.74, 6) is 0. The van der Waals surface area contributed by atoms with E-state index in [9.17, 15) is 4.11 Å². The van der Waals surface area contributed by atoms with Crippen LogP contribution in [0.25, 0.3) is 0 Å². The van der Waals surface area contributed by atoms with Gasteiger partial charge in [-0.2, -0.15) is 0 Å². The molecule has 0 amide bonds. The summed E-state index contributed by atoms with van der Waals surface area (Å²) in [6.45, 7) is 2.64. The molecule has 0 fully saturated rings. The smallest absolute Gasteiger partial charge is 0.352 e. The molecule has 20 heavy (non-hydrogen) atoms. The summed E-state index contributed by atoms with van der Waals surface area (Å²) in [5, 5.41) is 0. The van der Waals surface area contributed by atoms with Crippen LogP contribution in [0.2, 0.25) is 0 Å². The summed E-state index contributed by atoms with van der Waals surface area (Å²) in [4.78, 5) is 0. The first-order valence-electron chi connectivity index (χ1n) is 8.11. The third kappa shape index (κ3) is 11.8. The highest BCUT2D eigenvalue weighted by Gasteiger charge is 2.41. The predicted octanol–water partition coefficient (Wildman–Crippen LogP) is 5.01. The fourth-order valence-electron chi connectivity index (χ4n) is 2.16. The van der Waals surface area contributed by atoms with Gasteiger partial charge < -0.3 is 13.3 Å². The summed E-state index contributed by atoms with van der Waals surface area (Å²) in [5.41, 5.74) is 0. The van der Waals surface area contributed by atoms with Gasteiger partial charge in [-0.1, -0.05) is 71.1 Å². The van der Waals surface area contributed by atoms with Crippen LogP contribution < -0.4 is 0 Å². The number of unbranched alkanes of at least 4 members (excludes halogenated alkanes) is 10. The van der Waals surface area contributed by atoms with Crippen molar-refractivity contribution in [2.75, 3.05) is 20.8 Å². The molecule has 0 aromatic rings. The van der Waals surface area contributed by atoms with E-state index in [1.165, 1.54) is 72.0 Å². The molecule has 0 saturated heterocycles. The van der Waals surface area contributed by atoms with E-state index < -0.39 is 9.14 Å². The first-order valence-corrected chi connectivity index (χ1v) is 9.72. The van der Waals surface area contributed by atoms with Crippen LogP contribution in [0.1, 0.15) is 77.6 Å². The van der Waals surface area contributed by atoms with E-state index in [0.29, 0.717) is 6.61 Å². The lowest BCUT2D eigenvalue weighted by atomic mass is 10.1. The van der Waals surface area contributed by atoms with Crippen molar-refractivity contribution in [2.45, 2.75) is 77.6 Å². The minimum Gasteiger partial charge on any atom is -0.352 e. The molecule has 0 aromatic heterocycles. The summed E-state index contributed by atoms with van der Waals surface area (Å²) in [7, 11) is -1.22. The Morgan fingerprint density at radius 2 is 1.10 bits per heavy atom. The molecule has 5 heteroatoms. The maximum atomic E-state index is 13.5. The van der Waals surface area contributed by atoms with Gasteiger partial charge in [0.15, 0.2) is 0 Å². The van der Waals surface area contributed by atoms with Crippen LogP contribution in [0.15, 0.2) is 0 Å². The Labute approximate surface area is 125 Å². The first-order chi connectivity index (χ1) is 9.68. The van der Waals surface area contributed by atoms with Gasteiger partial charge in [-0.3, -0.25) is 0 Å². The lowest BCUT2D eigenvalue weighted by Crippen LogP contribution is -2.39. The van der Waals surface area contributed by atoms with Gasteiger partial charge in [0, 0.05) is 20.8 Å². The third-order valence-electron chi connectivity index (χ3n) is 3.51. The highest BCUT2D eigenvalue weighted by Crippen LogP contribution is 2.13. The Balaban J connectivity index is 3.17. The second-order valence-electron chi connectivity index (χ2n) is 5.27. The minimum absolute atomic E-state index is 0.390. The first kappa shape index (κ1) is 20.0. The average Bonchev–Trinajstić information content (AvgIpc) is 2.48. The van der Waals surface area contributed by atoms with Gasteiger partial charge in [0.1, 0.15) is 0 Å². The molecule has 0 radical (unpaired) electrons. The molecule has 0 spiro atoms. The average molecular weight is 309 g/mol. The fourth-order valence-corrected chi connectivity index (χ4v) is 2.95. The van der Waals surface area contributed by atoms with E-state index in [1.807, 2.05) is 0 Å². The molecular formula is C15H33FO3Si. The second-order valence-corrected chi connectivity index (χ2v) is 7.34. The van der Waals surface area contributed by atoms with Crippen molar-refractivity contribution >= 4 is 9.14 Å². The van der Waals surface area contributed by atoms with Gasteiger partial charge in [-0.25, -0.2) is 4.11 Å². The molecule has 0 unspecified atom stereocenters. The molecular weight excluding hydrogens is 275 g/mol. The summed E-state index contributed by atoms with van der Waals surface area (Å²) < 4.78 is 27.8. The zero-order valence-corrected chi connectivity index (χ0v) is 14.6. The van der Waals surface area contributed by atoms with Gasteiger partial charge in [0.25, 0.3) is 0 Å². The lowest BCUT2D eigenvalue weighted by Gasteiger charge is -2.16. The highest BCUT2D eigenvalue weighted by atomic mass is 28.4. The van der Waals surface area contributed by atoms with E-state index in [2.05, 4.69) is 15.8 Å². The predicted molar refractivity (Wildman–Crippen MR) is 83.3 cm³/mol. The maximum Gasteiger partial charge on any atom is 0.719 e. The fraction of sp³-hybridized carbons (Fsp3) is 1.00. The van der Waals surface area contributed by atoms with E-state index in [4.69, 9.17) is 4.43 Å². The minimum atomic E-state index is -3.79. The number of hydrogen-bond donors (Lipinski definition) is 0. The van der Waals surface area contributed by atoms with Crippen molar-refractivity contribution in [2.24, 2.45) is 0 Å². The monoisotopic (exact) mass is 308 g/mol. The summed E-state index contributed by atoms with van der Waals surface area (Å²) in [6.07, 6.45) is 14.0. The molecule has 0 atom stereocenters. The van der Waals surface area contributed by atoms with Gasteiger partial charge in [0.05, 0.1) is 0 Å². The van der Waals surface area contributed by atoms with Gasteiger partial charge in [0.2, 0.25) is 0 Å². The lowest BCUT2D eigenvalue weighted by molar-refractivity contribution is 0.0534. The molecule has 0 aliphatic carbocycles. The van der Waals surface area contributed by atoms with E-state index in [0.717, 1.165) is 12.8 Å². The Hall–Kier alpha value is 0.0269. The van der Waals surface area contributed by atoms with E-state index >= 15 is 0 Å². The van der Waals surface area contributed by atoms with Crippen LogP contribution in [0.4, 0.5) is 4.11 Å². The quantitative estimate of drug-likeness (QED) is 0.242. The van der Waals surface area contributed by atoms with Crippen LogP contribution in [0, 0.1) is 0 Å². The van der Waals surface area contributed by atoms with Crippen LogP contribution in [-0.2, 0) is 13.3 Å². The number of halogens is 1. The third-order valence-corrected chi connectivity index (χ3v) is 5.03. The van der Waals surface area contributed by atoms with Gasteiger partial charge in [-0.05, 0) is 6.42 Å². The molecule has 0 aliphatic rings. The molecule has 0 N–H and O–H groups in total. The van der Waals surface area contributed by atoms with Crippen LogP contribution in [0.3, 0.4) is 0 Å². The standard InChI is InChI=1S/C15H33FO3Si/c1-4-5-6-7-8-9-10-11-12-13-14-15-19-20(16,17-2)18-3/h4-15H2,1-3H3. The normalized spacial score (nSPS) is 12.0. The number of rotatable bonds is 15. The van der Waals surface area contributed by atoms with E-state index in [-0.39, 0.29) is 0 Å². The Morgan fingerprint density at radius 1 is 0.700 bits per heavy atom. The summed E-state index contributed by atoms with van der Waals surface area (Å²) >= 11 is 0. The van der Waals surface area contributed by atoms with Crippen molar-refractivity contribution in [3.8, 4) is 0 Å². The van der Waals surface area contributed by atoms with E-state index in [1.54, 1.807) is 0 Å². The molecule has 0 rings (SSSR count). The van der Waals surface area contributed by atoms with Crippen molar-refractivity contribution in [1.82, 2.24) is 0 Å². The van der Waals surface area contributed by atoms with Crippen LogP contribution in [-0.4, -0.2) is 30.0 Å². The SMILES string of the molecule is CCCCCCCCCCCCCO[Si](F)(OC)OC. The van der Waals surface area contributed by atoms with Crippen LogP contribution >= 0.6 is 0 Å². The maximum absolute atomic E-state index is 13.5. The second kappa shape index (κ2) is 14.0. The van der Waals surface area contributed by atoms with Gasteiger partial charge >= 0.3 is 9.14 Å².